The lowest BCUT2D eigenvalue weighted by atomic mass is 10.1. The standard InChI is InChI=1S/C23H29N5O4/c1-3-32-23(31)19-12-24-27(2)21(19)26-20(29)14-28(18-10-11-18)13-15-4-6-16(7-5-15)22(30)25-17-8-9-17/h4-7,12,17-18H,3,8-11,13-14H2,1-2H3,(H,25,30)(H,26,29). The normalized spacial score (nSPS) is 15.5. The number of nitrogens with one attached hydrogen (secondary N) is 2. The zero-order valence-corrected chi connectivity index (χ0v) is 18.5. The van der Waals surface area contributed by atoms with Crippen molar-refractivity contribution < 1.29 is 19.1 Å². The van der Waals surface area contributed by atoms with E-state index in [1.807, 2.05) is 24.3 Å². The van der Waals surface area contributed by atoms with Gasteiger partial charge in [-0.25, -0.2) is 4.79 Å². The molecule has 2 fully saturated rings. The number of nitrogens with zero attached hydrogens (tertiary/aromatic N) is 3. The van der Waals surface area contributed by atoms with Crippen LogP contribution in [-0.4, -0.2) is 57.7 Å². The van der Waals surface area contributed by atoms with E-state index in [9.17, 15) is 14.4 Å². The Kier molecular flexibility index (Phi) is 6.55. The summed E-state index contributed by atoms with van der Waals surface area (Å²) in [5, 5.41) is 9.87. The van der Waals surface area contributed by atoms with Crippen LogP contribution in [-0.2, 0) is 23.1 Å². The predicted octanol–water partition coefficient (Wildman–Crippen LogP) is 2.09. The first-order chi connectivity index (χ1) is 15.4. The summed E-state index contributed by atoms with van der Waals surface area (Å²) in [6, 6.07) is 8.23. The van der Waals surface area contributed by atoms with Crippen LogP contribution in [0.4, 0.5) is 5.82 Å². The van der Waals surface area contributed by atoms with E-state index < -0.39 is 5.97 Å². The molecule has 0 radical (unpaired) electrons. The summed E-state index contributed by atoms with van der Waals surface area (Å²) in [6.45, 7) is 2.78. The molecular formula is C23H29N5O4. The highest BCUT2D eigenvalue weighted by molar-refractivity contribution is 6.00. The molecule has 1 heterocycles. The summed E-state index contributed by atoms with van der Waals surface area (Å²) < 4.78 is 6.50. The van der Waals surface area contributed by atoms with E-state index in [1.54, 1.807) is 14.0 Å². The third-order valence-corrected chi connectivity index (χ3v) is 5.62. The monoisotopic (exact) mass is 439 g/mol. The Balaban J connectivity index is 1.37. The molecule has 2 aromatic rings. The molecule has 0 unspecified atom stereocenters. The first kappa shape index (κ1) is 22.0. The Hall–Kier alpha value is -3.20. The molecule has 2 aliphatic rings. The van der Waals surface area contributed by atoms with Crippen molar-refractivity contribution in [3.05, 3.63) is 47.2 Å². The van der Waals surface area contributed by atoms with Crippen molar-refractivity contribution in [2.24, 2.45) is 7.05 Å². The van der Waals surface area contributed by atoms with E-state index >= 15 is 0 Å². The molecule has 0 aliphatic heterocycles. The number of carbonyl (C=O) groups is 3. The fourth-order valence-corrected chi connectivity index (χ4v) is 3.55. The number of carbonyl (C=O) groups excluding carboxylic acids is 3. The Morgan fingerprint density at radius 2 is 1.88 bits per heavy atom. The van der Waals surface area contributed by atoms with Crippen LogP contribution in [0.2, 0.25) is 0 Å². The Bertz CT molecular complexity index is 992. The van der Waals surface area contributed by atoms with Gasteiger partial charge in [0, 0.05) is 31.2 Å². The van der Waals surface area contributed by atoms with Gasteiger partial charge in [-0.05, 0) is 50.3 Å². The number of rotatable bonds is 10. The molecule has 4 rings (SSSR count). The minimum absolute atomic E-state index is 0.0361. The van der Waals surface area contributed by atoms with Gasteiger partial charge in [0.1, 0.15) is 11.4 Å². The number of amides is 2. The van der Waals surface area contributed by atoms with E-state index in [4.69, 9.17) is 4.74 Å². The molecule has 170 valence electrons. The van der Waals surface area contributed by atoms with Crippen LogP contribution in [0.3, 0.4) is 0 Å². The van der Waals surface area contributed by atoms with Crippen LogP contribution < -0.4 is 10.6 Å². The minimum atomic E-state index is -0.513. The molecule has 2 amide bonds. The number of esters is 1. The van der Waals surface area contributed by atoms with Gasteiger partial charge in [-0.1, -0.05) is 12.1 Å². The maximum Gasteiger partial charge on any atom is 0.343 e. The van der Waals surface area contributed by atoms with Crippen LogP contribution in [0.25, 0.3) is 0 Å². The maximum absolute atomic E-state index is 12.8. The number of ether oxygens (including phenoxy) is 1. The highest BCUT2D eigenvalue weighted by atomic mass is 16.5. The van der Waals surface area contributed by atoms with Gasteiger partial charge in [0.05, 0.1) is 19.3 Å². The molecule has 32 heavy (non-hydrogen) atoms. The fourth-order valence-electron chi connectivity index (χ4n) is 3.55. The molecule has 2 saturated carbocycles. The summed E-state index contributed by atoms with van der Waals surface area (Å²) in [4.78, 5) is 39.2. The van der Waals surface area contributed by atoms with Gasteiger partial charge in [-0.3, -0.25) is 19.2 Å². The van der Waals surface area contributed by atoms with Crippen LogP contribution in [0.5, 0.6) is 0 Å². The number of hydrogen-bond acceptors (Lipinski definition) is 6. The molecular weight excluding hydrogens is 410 g/mol. The van der Waals surface area contributed by atoms with Gasteiger partial charge in [-0.2, -0.15) is 5.10 Å². The molecule has 2 aliphatic carbocycles. The zero-order chi connectivity index (χ0) is 22.7. The van der Waals surface area contributed by atoms with E-state index in [0.29, 0.717) is 30.0 Å². The Labute approximate surface area is 187 Å². The minimum Gasteiger partial charge on any atom is -0.462 e. The van der Waals surface area contributed by atoms with E-state index in [1.165, 1.54) is 10.9 Å². The molecule has 0 atom stereocenters. The lowest BCUT2D eigenvalue weighted by Gasteiger charge is -2.22. The largest absolute Gasteiger partial charge is 0.462 e. The summed E-state index contributed by atoms with van der Waals surface area (Å²) >= 11 is 0. The topological polar surface area (TPSA) is 106 Å². The third kappa shape index (κ3) is 5.53. The first-order valence-electron chi connectivity index (χ1n) is 11.1. The summed E-state index contributed by atoms with van der Waals surface area (Å²) in [5.41, 5.74) is 1.93. The second-order valence-electron chi connectivity index (χ2n) is 8.38. The molecule has 1 aromatic heterocycles. The second-order valence-corrected chi connectivity index (χ2v) is 8.38. The van der Waals surface area contributed by atoms with E-state index in [2.05, 4.69) is 20.6 Å². The van der Waals surface area contributed by atoms with Gasteiger partial charge in [0.25, 0.3) is 5.91 Å². The van der Waals surface area contributed by atoms with E-state index in [0.717, 1.165) is 31.2 Å². The van der Waals surface area contributed by atoms with Crippen molar-refractivity contribution >= 4 is 23.6 Å². The predicted molar refractivity (Wildman–Crippen MR) is 118 cm³/mol. The third-order valence-electron chi connectivity index (χ3n) is 5.62. The van der Waals surface area contributed by atoms with Gasteiger partial charge < -0.3 is 15.4 Å². The van der Waals surface area contributed by atoms with Crippen molar-refractivity contribution in [3.63, 3.8) is 0 Å². The smallest absolute Gasteiger partial charge is 0.343 e. The first-order valence-corrected chi connectivity index (χ1v) is 11.1. The van der Waals surface area contributed by atoms with Crippen molar-refractivity contribution in [2.45, 2.75) is 51.2 Å². The fraction of sp³-hybridized carbons (Fsp3) is 0.478. The number of aryl methyl sites for hydroxylation is 1. The maximum atomic E-state index is 12.8. The Morgan fingerprint density at radius 1 is 1.16 bits per heavy atom. The number of hydrogen-bond donors (Lipinski definition) is 2. The SMILES string of the molecule is CCOC(=O)c1cnn(C)c1NC(=O)CN(Cc1ccc(C(=O)NC2CC2)cc1)C1CC1. The second kappa shape index (κ2) is 9.52. The van der Waals surface area contributed by atoms with Crippen LogP contribution in [0.15, 0.2) is 30.5 Å². The molecule has 9 heteroatoms. The van der Waals surface area contributed by atoms with Crippen molar-refractivity contribution in [1.29, 1.82) is 0 Å². The highest BCUT2D eigenvalue weighted by Gasteiger charge is 2.31. The lowest BCUT2D eigenvalue weighted by molar-refractivity contribution is -0.117. The summed E-state index contributed by atoms with van der Waals surface area (Å²) in [5.74, 6) is -0.437. The molecule has 1 aromatic carbocycles. The Morgan fingerprint density at radius 3 is 2.50 bits per heavy atom. The van der Waals surface area contributed by atoms with Gasteiger partial charge in [-0.15, -0.1) is 0 Å². The average molecular weight is 440 g/mol. The number of benzene rings is 1. The van der Waals surface area contributed by atoms with Crippen LogP contribution in [0.1, 0.15) is 58.9 Å². The average Bonchev–Trinajstić information content (AvgIpc) is 3.69. The van der Waals surface area contributed by atoms with Gasteiger partial charge in [0.15, 0.2) is 0 Å². The van der Waals surface area contributed by atoms with Crippen molar-refractivity contribution in [1.82, 2.24) is 20.0 Å². The summed E-state index contributed by atoms with van der Waals surface area (Å²) in [7, 11) is 1.66. The van der Waals surface area contributed by atoms with Crippen LogP contribution >= 0.6 is 0 Å². The summed E-state index contributed by atoms with van der Waals surface area (Å²) in [6.07, 6.45) is 5.61. The molecule has 0 spiro atoms. The molecule has 2 N–H and O–H groups in total. The van der Waals surface area contributed by atoms with Crippen molar-refractivity contribution in [3.8, 4) is 0 Å². The molecule has 9 nitrogen and oxygen atoms in total. The number of aromatic nitrogens is 2. The number of anilines is 1. The molecule has 0 saturated heterocycles. The van der Waals surface area contributed by atoms with Crippen molar-refractivity contribution in [2.75, 3.05) is 18.5 Å². The van der Waals surface area contributed by atoms with Crippen LogP contribution in [0, 0.1) is 0 Å². The molecule has 0 bridgehead atoms. The van der Waals surface area contributed by atoms with E-state index in [-0.39, 0.29) is 30.5 Å². The van der Waals surface area contributed by atoms with Gasteiger partial charge in [0.2, 0.25) is 5.91 Å². The quantitative estimate of drug-likeness (QED) is 0.549. The zero-order valence-electron chi connectivity index (χ0n) is 18.5. The lowest BCUT2D eigenvalue weighted by Crippen LogP contribution is -2.35. The highest BCUT2D eigenvalue weighted by Crippen LogP contribution is 2.28. The van der Waals surface area contributed by atoms with Gasteiger partial charge >= 0.3 is 5.97 Å².